The molecule has 0 saturated heterocycles. The third-order valence-electron chi connectivity index (χ3n) is 2.38. The lowest BCUT2D eigenvalue weighted by molar-refractivity contribution is 0.296. The van der Waals surface area contributed by atoms with E-state index in [0.29, 0.717) is 11.2 Å². The first-order valence-corrected chi connectivity index (χ1v) is 5.08. The first-order valence-electron chi connectivity index (χ1n) is 4.20. The highest BCUT2D eigenvalue weighted by atomic mass is 32.2. The zero-order chi connectivity index (χ0) is 8.48. The molecule has 1 aliphatic rings. The highest BCUT2D eigenvalue weighted by molar-refractivity contribution is 8.01. The van der Waals surface area contributed by atoms with Crippen LogP contribution in [-0.4, -0.2) is 10.00 Å². The molecule has 1 aliphatic carbocycles. The molecule has 1 nitrogen and oxygen atoms in total. The second-order valence-electron chi connectivity index (χ2n) is 3.61. The lowest BCUT2D eigenvalue weighted by Gasteiger charge is -2.42. The van der Waals surface area contributed by atoms with Gasteiger partial charge in [0.2, 0.25) is 0 Å². The van der Waals surface area contributed by atoms with Crippen LogP contribution in [-0.2, 0) is 0 Å². The van der Waals surface area contributed by atoms with Crippen LogP contribution in [0.15, 0.2) is 0 Å². The summed E-state index contributed by atoms with van der Waals surface area (Å²) in [7, 11) is 0. The van der Waals surface area contributed by atoms with Gasteiger partial charge in [0.25, 0.3) is 0 Å². The summed E-state index contributed by atoms with van der Waals surface area (Å²) in [6, 6.07) is 2.46. The summed E-state index contributed by atoms with van der Waals surface area (Å²) in [6.45, 7) is 6.51. The van der Waals surface area contributed by atoms with Gasteiger partial charge in [-0.25, -0.2) is 0 Å². The molecule has 2 unspecified atom stereocenters. The summed E-state index contributed by atoms with van der Waals surface area (Å²) >= 11 is 1.84. The van der Waals surface area contributed by atoms with E-state index in [1.54, 1.807) is 0 Å². The number of hydrogen-bond acceptors (Lipinski definition) is 2. The minimum atomic E-state index is -0.0336. The van der Waals surface area contributed by atoms with Crippen LogP contribution < -0.4 is 0 Å². The third kappa shape index (κ3) is 1.54. The van der Waals surface area contributed by atoms with Gasteiger partial charge in [0.15, 0.2) is 0 Å². The van der Waals surface area contributed by atoms with E-state index in [1.165, 1.54) is 6.42 Å². The number of nitriles is 1. The predicted octanol–water partition coefficient (Wildman–Crippen LogP) is 2.82. The molecule has 11 heavy (non-hydrogen) atoms. The number of hydrogen-bond donors (Lipinski definition) is 0. The van der Waals surface area contributed by atoms with Crippen molar-refractivity contribution in [1.29, 1.82) is 5.26 Å². The van der Waals surface area contributed by atoms with E-state index in [-0.39, 0.29) is 4.75 Å². The van der Waals surface area contributed by atoms with Gasteiger partial charge in [-0.05, 0) is 18.8 Å². The standard InChI is InChI=1S/C9H15NS/c1-7(2)11-9(6-10)5-4-8(9)3/h7-8H,4-5H2,1-3H3. The summed E-state index contributed by atoms with van der Waals surface area (Å²) < 4.78 is -0.0336. The molecule has 0 N–H and O–H groups in total. The second-order valence-corrected chi connectivity index (χ2v) is 5.51. The van der Waals surface area contributed by atoms with Gasteiger partial charge < -0.3 is 0 Å². The highest BCUT2D eigenvalue weighted by Gasteiger charge is 2.45. The Morgan fingerprint density at radius 2 is 2.27 bits per heavy atom. The SMILES string of the molecule is CC(C)SC1(C#N)CCC1C. The first-order chi connectivity index (χ1) is 5.10. The maximum absolute atomic E-state index is 8.98. The van der Waals surface area contributed by atoms with Crippen LogP contribution in [0.5, 0.6) is 0 Å². The maximum Gasteiger partial charge on any atom is 0.105 e. The zero-order valence-corrected chi connectivity index (χ0v) is 8.24. The molecule has 0 heterocycles. The molecule has 0 spiro atoms. The van der Waals surface area contributed by atoms with Crippen molar-refractivity contribution in [3.8, 4) is 6.07 Å². The van der Waals surface area contributed by atoms with Gasteiger partial charge in [0.05, 0.1) is 6.07 Å². The molecule has 0 aromatic heterocycles. The summed E-state index contributed by atoms with van der Waals surface area (Å²) in [4.78, 5) is 0. The van der Waals surface area contributed by atoms with Gasteiger partial charge in [0.1, 0.15) is 4.75 Å². The fourth-order valence-corrected chi connectivity index (χ4v) is 2.96. The number of rotatable bonds is 2. The quantitative estimate of drug-likeness (QED) is 0.634. The van der Waals surface area contributed by atoms with Crippen molar-refractivity contribution < 1.29 is 0 Å². The molecule has 0 amide bonds. The average molecular weight is 169 g/mol. The van der Waals surface area contributed by atoms with Crippen molar-refractivity contribution >= 4 is 11.8 Å². The molecule has 0 aliphatic heterocycles. The lowest BCUT2D eigenvalue weighted by atomic mass is 9.75. The Labute approximate surface area is 73.2 Å². The van der Waals surface area contributed by atoms with Crippen LogP contribution >= 0.6 is 11.8 Å². The van der Waals surface area contributed by atoms with Crippen LogP contribution in [0.1, 0.15) is 33.6 Å². The normalized spacial score (nSPS) is 36.5. The Morgan fingerprint density at radius 3 is 2.36 bits per heavy atom. The maximum atomic E-state index is 8.98. The molecule has 0 bridgehead atoms. The van der Waals surface area contributed by atoms with E-state index in [4.69, 9.17) is 5.26 Å². The second kappa shape index (κ2) is 3.06. The van der Waals surface area contributed by atoms with Crippen molar-refractivity contribution in [2.24, 2.45) is 5.92 Å². The minimum Gasteiger partial charge on any atom is -0.197 e. The minimum absolute atomic E-state index is 0.0336. The summed E-state index contributed by atoms with van der Waals surface area (Å²) in [5.41, 5.74) is 0. The summed E-state index contributed by atoms with van der Waals surface area (Å²) in [6.07, 6.45) is 2.32. The van der Waals surface area contributed by atoms with E-state index in [1.807, 2.05) is 11.8 Å². The Morgan fingerprint density at radius 1 is 1.64 bits per heavy atom. The van der Waals surface area contributed by atoms with Crippen LogP contribution in [0.2, 0.25) is 0 Å². The molecule has 0 radical (unpaired) electrons. The average Bonchev–Trinajstić information content (AvgIpc) is 1.96. The van der Waals surface area contributed by atoms with Gasteiger partial charge >= 0.3 is 0 Å². The fourth-order valence-electron chi connectivity index (χ4n) is 1.48. The summed E-state index contributed by atoms with van der Waals surface area (Å²) in [5.74, 6) is 0.597. The van der Waals surface area contributed by atoms with E-state index >= 15 is 0 Å². The van der Waals surface area contributed by atoms with Gasteiger partial charge in [-0.1, -0.05) is 20.8 Å². The van der Waals surface area contributed by atoms with Gasteiger partial charge in [-0.2, -0.15) is 5.26 Å². The number of nitrogens with zero attached hydrogens (tertiary/aromatic N) is 1. The van der Waals surface area contributed by atoms with Crippen molar-refractivity contribution in [3.63, 3.8) is 0 Å². The van der Waals surface area contributed by atoms with Gasteiger partial charge in [-0.15, -0.1) is 11.8 Å². The fraction of sp³-hybridized carbons (Fsp3) is 0.889. The predicted molar refractivity (Wildman–Crippen MR) is 49.5 cm³/mol. The molecule has 2 heteroatoms. The molecule has 0 aromatic carbocycles. The molecular formula is C9H15NS. The van der Waals surface area contributed by atoms with Crippen LogP contribution in [0.4, 0.5) is 0 Å². The van der Waals surface area contributed by atoms with E-state index < -0.39 is 0 Å². The van der Waals surface area contributed by atoms with Crippen LogP contribution in [0.25, 0.3) is 0 Å². The van der Waals surface area contributed by atoms with Crippen LogP contribution in [0.3, 0.4) is 0 Å². The molecule has 1 saturated carbocycles. The van der Waals surface area contributed by atoms with Crippen molar-refractivity contribution in [2.75, 3.05) is 0 Å². The van der Waals surface area contributed by atoms with E-state index in [9.17, 15) is 0 Å². The smallest absolute Gasteiger partial charge is 0.105 e. The zero-order valence-electron chi connectivity index (χ0n) is 7.42. The lowest BCUT2D eigenvalue weighted by Crippen LogP contribution is -2.42. The molecule has 1 rings (SSSR count). The van der Waals surface area contributed by atoms with Gasteiger partial charge in [-0.3, -0.25) is 0 Å². The first kappa shape index (κ1) is 8.93. The Balaban J connectivity index is 2.57. The molecule has 1 fully saturated rings. The van der Waals surface area contributed by atoms with Gasteiger partial charge in [0, 0.05) is 5.25 Å². The topological polar surface area (TPSA) is 23.8 Å². The Bertz CT molecular complexity index is 182. The van der Waals surface area contributed by atoms with Crippen molar-refractivity contribution in [1.82, 2.24) is 0 Å². The largest absolute Gasteiger partial charge is 0.197 e. The number of thioether (sulfide) groups is 1. The van der Waals surface area contributed by atoms with E-state index in [0.717, 1.165) is 6.42 Å². The molecular weight excluding hydrogens is 154 g/mol. The Kier molecular flexibility index (Phi) is 2.49. The monoisotopic (exact) mass is 169 g/mol. The van der Waals surface area contributed by atoms with E-state index in [2.05, 4.69) is 26.8 Å². The highest BCUT2D eigenvalue weighted by Crippen LogP contribution is 2.49. The molecule has 2 atom stereocenters. The van der Waals surface area contributed by atoms with Crippen LogP contribution in [0, 0.1) is 17.2 Å². The third-order valence-corrected chi connectivity index (χ3v) is 3.97. The molecule has 0 aromatic rings. The Hall–Kier alpha value is -0.160. The summed E-state index contributed by atoms with van der Waals surface area (Å²) in [5, 5.41) is 9.57. The van der Waals surface area contributed by atoms with Crippen molar-refractivity contribution in [3.05, 3.63) is 0 Å². The van der Waals surface area contributed by atoms with Crippen molar-refractivity contribution in [2.45, 2.75) is 43.6 Å². The molecule has 62 valence electrons.